The number of rotatable bonds is 5. The molecule has 11 heteroatoms. The Hall–Kier alpha value is -5.11. The molecule has 0 saturated heterocycles. The van der Waals surface area contributed by atoms with Gasteiger partial charge >= 0.3 is 17.9 Å². The summed E-state index contributed by atoms with van der Waals surface area (Å²) in [5.74, 6) is -4.54. The van der Waals surface area contributed by atoms with Gasteiger partial charge in [-0.3, -0.25) is 4.90 Å². The second kappa shape index (κ2) is 9.03. The quantitative estimate of drug-likeness (QED) is 0.466. The van der Waals surface area contributed by atoms with Gasteiger partial charge in [-0.25, -0.2) is 19.4 Å². The Morgan fingerprint density at radius 3 is 2.43 bits per heavy atom. The molecule has 0 fully saturated rings. The number of hydrogen-bond acceptors (Lipinski definition) is 9. The monoisotopic (exact) mass is 473 g/mol. The number of imidazole rings is 1. The van der Waals surface area contributed by atoms with Crippen LogP contribution in [0.4, 0.5) is 5.69 Å². The molecule has 176 valence electrons. The number of carbonyl (C=O) groups is 3. The van der Waals surface area contributed by atoms with E-state index in [1.54, 1.807) is 30.3 Å². The lowest BCUT2D eigenvalue weighted by atomic mass is 9.80. The number of hydrogen-bond donors (Lipinski definition) is 3. The first kappa shape index (κ1) is 23.1. The van der Waals surface area contributed by atoms with Crippen LogP contribution < -0.4 is 10.6 Å². The number of anilines is 1. The molecule has 1 aliphatic heterocycles. The third kappa shape index (κ3) is 3.72. The number of aromatic amines is 1. The maximum Gasteiger partial charge on any atom is 0.355 e. The van der Waals surface area contributed by atoms with Gasteiger partial charge in [0.2, 0.25) is 0 Å². The SMILES string of the molecule is COC(=O)C1=C(C(=O)OC)N(c2cc3nc[nH]c3cc2C(=O)O)C(N)=C(C#N)C1c1ccccc1. The smallest absolute Gasteiger partial charge is 0.355 e. The fourth-order valence-electron chi connectivity index (χ4n) is 4.09. The minimum Gasteiger partial charge on any atom is -0.478 e. The molecule has 0 spiro atoms. The molecule has 3 aromatic rings. The van der Waals surface area contributed by atoms with Gasteiger partial charge in [0.05, 0.1) is 66.0 Å². The predicted molar refractivity (Wildman–Crippen MR) is 123 cm³/mol. The van der Waals surface area contributed by atoms with E-state index in [-0.39, 0.29) is 33.9 Å². The number of allylic oxidation sites excluding steroid dienone is 1. The Balaban J connectivity index is 2.14. The standard InChI is InChI=1S/C24H19N5O6/c1-34-23(32)19-18(12-6-4-3-5-7-12)14(10-25)21(26)29(20(19)24(33)35-2)17-9-16-15(27-11-28-16)8-13(17)22(30)31/h3-9,11,18H,26H2,1-2H3,(H,27,28)(H,30,31). The van der Waals surface area contributed by atoms with Crippen LogP contribution in [0.15, 0.2) is 71.5 Å². The molecule has 0 radical (unpaired) electrons. The molecule has 0 amide bonds. The molecular weight excluding hydrogens is 454 g/mol. The molecule has 35 heavy (non-hydrogen) atoms. The molecule has 4 rings (SSSR count). The van der Waals surface area contributed by atoms with Gasteiger partial charge in [0.1, 0.15) is 11.5 Å². The zero-order valence-electron chi connectivity index (χ0n) is 18.6. The summed E-state index contributed by atoms with van der Waals surface area (Å²) in [5.41, 5.74) is 6.69. The number of nitrogens with two attached hydrogens (primary N) is 1. The minimum absolute atomic E-state index is 0.0808. The number of aromatic nitrogens is 2. The van der Waals surface area contributed by atoms with Crippen molar-refractivity contribution < 1.29 is 29.0 Å². The summed E-state index contributed by atoms with van der Waals surface area (Å²) < 4.78 is 9.94. The van der Waals surface area contributed by atoms with Crippen molar-refractivity contribution in [1.29, 1.82) is 5.26 Å². The van der Waals surface area contributed by atoms with Gasteiger partial charge in [-0.2, -0.15) is 5.26 Å². The van der Waals surface area contributed by atoms with Crippen molar-refractivity contribution in [1.82, 2.24) is 9.97 Å². The first-order valence-corrected chi connectivity index (χ1v) is 10.2. The third-order valence-corrected chi connectivity index (χ3v) is 5.62. The fourth-order valence-corrected chi connectivity index (χ4v) is 4.09. The average Bonchev–Trinajstić information content (AvgIpc) is 3.34. The Morgan fingerprint density at radius 2 is 1.83 bits per heavy atom. The van der Waals surface area contributed by atoms with Crippen molar-refractivity contribution in [2.24, 2.45) is 5.73 Å². The number of fused-ring (bicyclic) bond motifs is 1. The lowest BCUT2D eigenvalue weighted by molar-refractivity contribution is -0.139. The van der Waals surface area contributed by atoms with Crippen LogP contribution in [0.25, 0.3) is 11.0 Å². The van der Waals surface area contributed by atoms with E-state index in [0.717, 1.165) is 19.1 Å². The molecule has 0 bridgehead atoms. The summed E-state index contributed by atoms with van der Waals surface area (Å²) in [6, 6.07) is 13.2. The average molecular weight is 473 g/mol. The molecule has 4 N–H and O–H groups in total. The molecule has 2 heterocycles. The molecular formula is C24H19N5O6. The zero-order valence-corrected chi connectivity index (χ0v) is 18.6. The molecule has 0 saturated carbocycles. The first-order chi connectivity index (χ1) is 16.8. The lowest BCUT2D eigenvalue weighted by Gasteiger charge is -2.36. The Kier molecular flexibility index (Phi) is 5.95. The van der Waals surface area contributed by atoms with Crippen LogP contribution in [0, 0.1) is 11.3 Å². The van der Waals surface area contributed by atoms with Crippen molar-refractivity contribution in [2.75, 3.05) is 19.1 Å². The normalized spacial score (nSPS) is 15.7. The number of nitrogens with one attached hydrogen (secondary N) is 1. The highest BCUT2D eigenvalue weighted by molar-refractivity contribution is 6.09. The van der Waals surface area contributed by atoms with Crippen LogP contribution in [0.5, 0.6) is 0 Å². The number of methoxy groups -OCH3 is 2. The number of carboxylic acids is 1. The maximum absolute atomic E-state index is 13.1. The van der Waals surface area contributed by atoms with Gasteiger partial charge < -0.3 is 25.3 Å². The number of benzene rings is 2. The topological polar surface area (TPSA) is 172 Å². The highest BCUT2D eigenvalue weighted by Gasteiger charge is 2.43. The van der Waals surface area contributed by atoms with Gasteiger partial charge in [-0.1, -0.05) is 30.3 Å². The van der Waals surface area contributed by atoms with E-state index in [9.17, 15) is 24.8 Å². The Bertz CT molecular complexity index is 1460. The van der Waals surface area contributed by atoms with Crippen LogP contribution in [0.2, 0.25) is 0 Å². The van der Waals surface area contributed by atoms with Gasteiger partial charge in [0.25, 0.3) is 0 Å². The maximum atomic E-state index is 13.1. The zero-order chi connectivity index (χ0) is 25.3. The molecule has 1 unspecified atom stereocenters. The Labute approximate surface area is 198 Å². The minimum atomic E-state index is -1.34. The summed E-state index contributed by atoms with van der Waals surface area (Å²) >= 11 is 0. The van der Waals surface area contributed by atoms with E-state index < -0.39 is 23.8 Å². The van der Waals surface area contributed by atoms with E-state index in [1.807, 2.05) is 6.07 Å². The molecule has 11 nitrogen and oxygen atoms in total. The highest BCUT2D eigenvalue weighted by atomic mass is 16.5. The number of aromatic carboxylic acids is 1. The summed E-state index contributed by atoms with van der Waals surface area (Å²) in [5, 5.41) is 20.0. The number of carbonyl (C=O) groups excluding carboxylic acids is 2. The third-order valence-electron chi connectivity index (χ3n) is 5.62. The van der Waals surface area contributed by atoms with E-state index in [4.69, 9.17) is 15.2 Å². The van der Waals surface area contributed by atoms with Gasteiger partial charge in [-0.05, 0) is 17.7 Å². The van der Waals surface area contributed by atoms with E-state index in [0.29, 0.717) is 16.6 Å². The van der Waals surface area contributed by atoms with Crippen molar-refractivity contribution in [2.45, 2.75) is 5.92 Å². The fraction of sp³-hybridized carbons (Fsp3) is 0.125. The van der Waals surface area contributed by atoms with Crippen LogP contribution in [0.3, 0.4) is 0 Å². The van der Waals surface area contributed by atoms with E-state index >= 15 is 0 Å². The largest absolute Gasteiger partial charge is 0.478 e. The number of carboxylic acid groups (broad SMARTS) is 1. The highest BCUT2D eigenvalue weighted by Crippen LogP contribution is 2.44. The van der Waals surface area contributed by atoms with Crippen molar-refractivity contribution >= 4 is 34.6 Å². The van der Waals surface area contributed by atoms with Crippen LogP contribution in [-0.2, 0) is 19.1 Å². The van der Waals surface area contributed by atoms with Crippen LogP contribution in [0.1, 0.15) is 21.8 Å². The van der Waals surface area contributed by atoms with Crippen molar-refractivity contribution in [3.8, 4) is 6.07 Å². The number of nitriles is 1. The van der Waals surface area contributed by atoms with Crippen molar-refractivity contribution in [3.63, 3.8) is 0 Å². The lowest BCUT2D eigenvalue weighted by Crippen LogP contribution is -2.41. The van der Waals surface area contributed by atoms with Gasteiger partial charge in [0.15, 0.2) is 0 Å². The second-order valence-corrected chi connectivity index (χ2v) is 7.43. The molecule has 0 aliphatic carbocycles. The summed E-state index contributed by atoms with van der Waals surface area (Å²) in [6.07, 6.45) is 1.37. The van der Waals surface area contributed by atoms with Gasteiger partial charge in [-0.15, -0.1) is 0 Å². The summed E-state index contributed by atoms with van der Waals surface area (Å²) in [7, 11) is 2.23. The summed E-state index contributed by atoms with van der Waals surface area (Å²) in [4.78, 5) is 46.4. The molecule has 1 atom stereocenters. The second-order valence-electron chi connectivity index (χ2n) is 7.43. The summed E-state index contributed by atoms with van der Waals surface area (Å²) in [6.45, 7) is 0. The molecule has 1 aromatic heterocycles. The number of nitrogens with zero attached hydrogens (tertiary/aromatic N) is 3. The van der Waals surface area contributed by atoms with E-state index in [1.165, 1.54) is 18.5 Å². The predicted octanol–water partition coefficient (Wildman–Crippen LogP) is 2.16. The number of ether oxygens (including phenoxy) is 2. The van der Waals surface area contributed by atoms with Crippen molar-refractivity contribution in [3.05, 3.63) is 82.6 Å². The number of esters is 2. The first-order valence-electron chi connectivity index (χ1n) is 10.2. The number of H-pyrrole nitrogens is 1. The van der Waals surface area contributed by atoms with Gasteiger partial charge in [0, 0.05) is 0 Å². The van der Waals surface area contributed by atoms with Crippen LogP contribution >= 0.6 is 0 Å². The van der Waals surface area contributed by atoms with E-state index in [2.05, 4.69) is 9.97 Å². The molecule has 2 aromatic carbocycles. The van der Waals surface area contributed by atoms with Crippen LogP contribution in [-0.4, -0.2) is 47.2 Å². The Morgan fingerprint density at radius 1 is 1.14 bits per heavy atom. The molecule has 1 aliphatic rings.